The Kier molecular flexibility index (Phi) is 3.82. The van der Waals surface area contributed by atoms with Gasteiger partial charge in [0, 0.05) is 12.0 Å². The van der Waals surface area contributed by atoms with Crippen molar-refractivity contribution in [3.8, 4) is 0 Å². The number of para-hydroxylation sites is 1. The van der Waals surface area contributed by atoms with Gasteiger partial charge in [-0.1, -0.05) is 18.2 Å². The zero-order valence-electron chi connectivity index (χ0n) is 7.31. The van der Waals surface area contributed by atoms with Crippen molar-refractivity contribution in [1.82, 2.24) is 0 Å². The van der Waals surface area contributed by atoms with E-state index in [9.17, 15) is 0 Å². The maximum atomic E-state index is 8.49. The summed E-state index contributed by atoms with van der Waals surface area (Å²) in [5, 5.41) is 2.30. The molecule has 0 spiro atoms. The Bertz CT molecular complexity index is 271. The second kappa shape index (κ2) is 4.70. The lowest BCUT2D eigenvalue weighted by molar-refractivity contribution is -2.00. The van der Waals surface area contributed by atoms with E-state index in [2.05, 4.69) is 29.6 Å². The largest absolute Gasteiger partial charge is 0.313 e. The van der Waals surface area contributed by atoms with Crippen LogP contribution in [0.1, 0.15) is 5.56 Å². The van der Waals surface area contributed by atoms with E-state index in [0.717, 1.165) is 0 Å². The number of hydrogen-bond donors (Lipinski definition) is 1. The van der Waals surface area contributed by atoms with Gasteiger partial charge in [0.25, 0.3) is 0 Å². The molecule has 0 atom stereocenters. The average Bonchev–Trinajstić information content (AvgIpc) is 2.47. The smallest absolute Gasteiger partial charge is 0.133 e. The van der Waals surface area contributed by atoms with E-state index in [4.69, 9.17) is 18.6 Å². The first kappa shape index (κ1) is 11.4. The van der Waals surface area contributed by atoms with Gasteiger partial charge in [-0.25, -0.2) is 18.6 Å². The lowest BCUT2D eigenvalue weighted by Gasteiger charge is -2.17. The van der Waals surface area contributed by atoms with Gasteiger partial charge in [0.2, 0.25) is 0 Å². The molecule has 0 bridgehead atoms. The van der Waals surface area contributed by atoms with Gasteiger partial charge >= 0.3 is 0 Å². The molecule has 1 aromatic carbocycles. The number of benzene rings is 1. The molecular weight excluding hydrogens is 210 g/mol. The van der Waals surface area contributed by atoms with E-state index in [1.165, 1.54) is 24.2 Å². The van der Waals surface area contributed by atoms with Crippen LogP contribution in [0.3, 0.4) is 0 Å². The van der Waals surface area contributed by atoms with Crippen LogP contribution >= 0.6 is 0 Å². The van der Waals surface area contributed by atoms with Gasteiger partial charge in [-0.05, 0) is 6.07 Å². The molecule has 0 fully saturated rings. The number of fused-ring (bicyclic) bond motifs is 1. The Morgan fingerprint density at radius 3 is 2.21 bits per heavy atom. The van der Waals surface area contributed by atoms with Crippen LogP contribution < -0.4 is 24.0 Å². The quantitative estimate of drug-likeness (QED) is 0.445. The van der Waals surface area contributed by atoms with Crippen molar-refractivity contribution in [2.24, 2.45) is 0 Å². The van der Waals surface area contributed by atoms with Gasteiger partial charge in [0.05, 0.1) is 6.54 Å². The molecule has 5 nitrogen and oxygen atoms in total. The lowest BCUT2D eigenvalue weighted by atomic mass is 10.2. The second-order valence-electron chi connectivity index (χ2n) is 2.82. The summed E-state index contributed by atoms with van der Waals surface area (Å²) in [5.74, 6) is 0. The summed E-state index contributed by atoms with van der Waals surface area (Å²) in [6.45, 7) is 1.24. The highest BCUT2D eigenvalue weighted by Crippen LogP contribution is 2.12. The van der Waals surface area contributed by atoms with Gasteiger partial charge < -0.3 is 5.32 Å². The molecule has 2 rings (SSSR count). The maximum Gasteiger partial charge on any atom is 0.133 e. The maximum absolute atomic E-state index is 8.49. The van der Waals surface area contributed by atoms with Gasteiger partial charge in [-0.2, -0.15) is 0 Å². The number of halogens is 1. The van der Waals surface area contributed by atoms with Crippen LogP contribution in [0.2, 0.25) is 0 Å². The molecule has 14 heavy (non-hydrogen) atoms. The van der Waals surface area contributed by atoms with Crippen molar-refractivity contribution in [2.75, 3.05) is 6.54 Å². The molecule has 1 aliphatic rings. The summed E-state index contributed by atoms with van der Waals surface area (Å²) >= 11 is 0. The van der Waals surface area contributed by atoms with E-state index < -0.39 is 10.2 Å². The normalized spacial score (nSPS) is 14.3. The van der Waals surface area contributed by atoms with Crippen LogP contribution in [0.4, 0.5) is 5.69 Å². The minimum absolute atomic E-state index is 1.24. The predicted octanol–water partition coefficient (Wildman–Crippen LogP) is -4.32. The Hall–Kier alpha value is -0.690. The third-order valence-corrected chi connectivity index (χ3v) is 1.83. The second-order valence-corrected chi connectivity index (χ2v) is 3.58. The molecule has 1 aromatic rings. The summed E-state index contributed by atoms with van der Waals surface area (Å²) in [5.41, 5.74) is 2.95. The fourth-order valence-corrected chi connectivity index (χ4v) is 1.34. The van der Waals surface area contributed by atoms with Crippen molar-refractivity contribution < 1.29 is 34.2 Å². The fourth-order valence-electron chi connectivity index (χ4n) is 1.34. The zero-order valence-corrected chi connectivity index (χ0v) is 8.07. The zero-order chi connectivity index (χ0) is 10.6. The van der Waals surface area contributed by atoms with Crippen molar-refractivity contribution in [2.45, 2.75) is 6.42 Å². The Balaban J connectivity index is 0.000000171. The third-order valence-electron chi connectivity index (χ3n) is 1.83. The summed E-state index contributed by atoms with van der Waals surface area (Å²) in [7, 11) is -4.94. The Labute approximate surface area is 83.3 Å². The predicted molar refractivity (Wildman–Crippen MR) is 36.6 cm³/mol. The molecule has 1 aliphatic heterocycles. The van der Waals surface area contributed by atoms with Crippen LogP contribution in [0.25, 0.3) is 0 Å². The molecule has 0 saturated carbocycles. The minimum atomic E-state index is -4.94. The van der Waals surface area contributed by atoms with Crippen LogP contribution in [-0.2, 0) is 6.42 Å². The van der Waals surface area contributed by atoms with Gasteiger partial charge in [0.15, 0.2) is 0 Å². The van der Waals surface area contributed by atoms with Gasteiger partial charge in [-0.15, -0.1) is 10.2 Å². The molecule has 0 unspecified atom stereocenters. The van der Waals surface area contributed by atoms with Crippen molar-refractivity contribution in [3.63, 3.8) is 0 Å². The number of quaternary nitrogens is 1. The van der Waals surface area contributed by atoms with Crippen LogP contribution in [-0.4, -0.2) is 6.54 Å². The van der Waals surface area contributed by atoms with E-state index >= 15 is 0 Å². The van der Waals surface area contributed by atoms with Crippen LogP contribution in [0.5, 0.6) is 0 Å². The van der Waals surface area contributed by atoms with Crippen molar-refractivity contribution in [3.05, 3.63) is 29.8 Å². The summed E-state index contributed by atoms with van der Waals surface area (Å²) in [6, 6.07) is 8.60. The molecule has 6 heteroatoms. The molecule has 0 aromatic heterocycles. The highest BCUT2D eigenvalue weighted by atomic mass is 35.7. The van der Waals surface area contributed by atoms with E-state index in [-0.39, 0.29) is 0 Å². The first-order valence-electron chi connectivity index (χ1n) is 4.00. The van der Waals surface area contributed by atoms with E-state index in [0.29, 0.717) is 0 Å². The molecule has 78 valence electrons. The standard InChI is InChI=1S/C8H9N.ClHO4/c1-2-4-8-7(3-1)5-6-9-8;2-1(3,4)5/h1-4,9H,5-6H2;(H,2,3,4,5). The summed E-state index contributed by atoms with van der Waals surface area (Å²) in [6.07, 6.45) is 1.25. The first-order valence-corrected chi connectivity index (χ1v) is 5.23. The highest BCUT2D eigenvalue weighted by Gasteiger charge is 2.11. The Morgan fingerprint density at radius 2 is 1.64 bits per heavy atom. The van der Waals surface area contributed by atoms with Crippen LogP contribution in [0.15, 0.2) is 24.3 Å². The van der Waals surface area contributed by atoms with Gasteiger partial charge in [-0.3, -0.25) is 0 Å². The Morgan fingerprint density at radius 1 is 1.07 bits per heavy atom. The highest BCUT2D eigenvalue weighted by molar-refractivity contribution is 5.40. The fraction of sp³-hybridized carbons (Fsp3) is 0.250. The monoisotopic (exact) mass is 219 g/mol. The molecule has 0 aliphatic carbocycles. The molecular formula is C8H10ClNO4. The number of rotatable bonds is 0. The molecule has 0 radical (unpaired) electrons. The molecule has 2 N–H and O–H groups in total. The molecule has 0 saturated heterocycles. The summed E-state index contributed by atoms with van der Waals surface area (Å²) in [4.78, 5) is 0. The average molecular weight is 220 g/mol. The summed E-state index contributed by atoms with van der Waals surface area (Å²) < 4.78 is 34.0. The van der Waals surface area contributed by atoms with Crippen molar-refractivity contribution in [1.29, 1.82) is 0 Å². The van der Waals surface area contributed by atoms with Crippen LogP contribution in [0, 0.1) is 10.2 Å². The van der Waals surface area contributed by atoms with Gasteiger partial charge in [0.1, 0.15) is 5.69 Å². The molecule has 1 heterocycles. The molecule has 0 amide bonds. The third kappa shape index (κ3) is 4.52. The topological polar surface area (TPSA) is 109 Å². The SMILES string of the molecule is [O-][Cl+3]([O-])([O-])[O-].c1ccc2c(c1)CC[NH2+]2. The lowest BCUT2D eigenvalue weighted by Crippen LogP contribution is -2.75. The van der Waals surface area contributed by atoms with Crippen molar-refractivity contribution >= 4 is 5.69 Å². The van der Waals surface area contributed by atoms with E-state index in [1.54, 1.807) is 0 Å². The first-order chi connectivity index (χ1) is 6.47. The number of hydrogen-bond acceptors (Lipinski definition) is 4. The minimum Gasteiger partial charge on any atom is -0.313 e. The number of nitrogens with two attached hydrogens (primary N) is 1. The van der Waals surface area contributed by atoms with E-state index in [1.807, 2.05) is 0 Å².